The minimum Gasteiger partial charge on any atom is -0.495 e. The molecule has 1 amide bonds. The van der Waals surface area contributed by atoms with Gasteiger partial charge in [0, 0.05) is 16.3 Å². The van der Waals surface area contributed by atoms with Gasteiger partial charge in [-0.25, -0.2) is 8.42 Å². The summed E-state index contributed by atoms with van der Waals surface area (Å²) in [6.07, 6.45) is 0. The van der Waals surface area contributed by atoms with Gasteiger partial charge in [-0.05, 0) is 55.0 Å². The second-order valence-corrected chi connectivity index (χ2v) is 8.37. The molecule has 0 bridgehead atoms. The van der Waals surface area contributed by atoms with Crippen molar-refractivity contribution < 1.29 is 17.9 Å². The number of hydrogen-bond donors (Lipinski definition) is 2. The van der Waals surface area contributed by atoms with Gasteiger partial charge >= 0.3 is 0 Å². The van der Waals surface area contributed by atoms with Crippen LogP contribution in [0.1, 0.15) is 15.9 Å². The Morgan fingerprint density at radius 1 is 0.966 bits per heavy atom. The average molecular weight is 431 g/mol. The summed E-state index contributed by atoms with van der Waals surface area (Å²) >= 11 is 5.96. The number of halogens is 1. The second-order valence-electron chi connectivity index (χ2n) is 6.25. The molecule has 0 spiro atoms. The number of carbonyl (C=O) groups is 1. The number of ether oxygens (including phenoxy) is 1. The molecule has 8 heteroatoms. The zero-order valence-electron chi connectivity index (χ0n) is 15.8. The Balaban J connectivity index is 1.87. The minimum atomic E-state index is -3.97. The maximum atomic E-state index is 12.8. The highest BCUT2D eigenvalue weighted by Gasteiger charge is 2.19. The number of sulfonamides is 1. The molecule has 29 heavy (non-hydrogen) atoms. The lowest BCUT2D eigenvalue weighted by Gasteiger charge is -2.13. The van der Waals surface area contributed by atoms with Gasteiger partial charge in [0.25, 0.3) is 15.9 Å². The zero-order valence-corrected chi connectivity index (χ0v) is 17.3. The standard InChI is InChI=1S/C21H19ClN2O4S/c1-14-6-3-4-9-18(14)23-21(25)15-7-5-8-17(12-15)29(26,27)24-19-13-16(22)10-11-20(19)28-2/h3-13,24H,1-2H3,(H,23,25). The normalized spacial score (nSPS) is 11.0. The fraction of sp³-hybridized carbons (Fsp3) is 0.0952. The van der Waals surface area contributed by atoms with E-state index in [1.807, 2.05) is 25.1 Å². The first-order chi connectivity index (χ1) is 13.8. The maximum Gasteiger partial charge on any atom is 0.262 e. The molecule has 0 aliphatic rings. The van der Waals surface area contributed by atoms with Gasteiger partial charge in [0.1, 0.15) is 5.75 Å². The van der Waals surface area contributed by atoms with Crippen LogP contribution in [0.5, 0.6) is 5.75 Å². The van der Waals surface area contributed by atoms with E-state index in [0.29, 0.717) is 16.5 Å². The number of aryl methyl sites for hydroxylation is 1. The lowest BCUT2D eigenvalue weighted by molar-refractivity contribution is 0.102. The van der Waals surface area contributed by atoms with Crippen LogP contribution in [-0.2, 0) is 10.0 Å². The molecule has 0 saturated heterocycles. The first-order valence-corrected chi connectivity index (χ1v) is 10.5. The van der Waals surface area contributed by atoms with E-state index in [1.54, 1.807) is 24.3 Å². The second kappa shape index (κ2) is 8.55. The highest BCUT2D eigenvalue weighted by Crippen LogP contribution is 2.30. The molecule has 0 fully saturated rings. The number of nitrogens with one attached hydrogen (secondary N) is 2. The third-order valence-corrected chi connectivity index (χ3v) is 5.80. The van der Waals surface area contributed by atoms with E-state index in [0.717, 1.165) is 5.56 Å². The molecule has 0 radical (unpaired) electrons. The molecule has 0 saturated carbocycles. The predicted octanol–water partition coefficient (Wildman–Crippen LogP) is 4.71. The van der Waals surface area contributed by atoms with E-state index in [-0.39, 0.29) is 16.1 Å². The topological polar surface area (TPSA) is 84.5 Å². The molecule has 0 heterocycles. The van der Waals surface area contributed by atoms with Crippen LogP contribution in [0.3, 0.4) is 0 Å². The zero-order chi connectivity index (χ0) is 21.0. The molecule has 0 unspecified atom stereocenters. The van der Waals surface area contributed by atoms with Crippen LogP contribution < -0.4 is 14.8 Å². The monoisotopic (exact) mass is 430 g/mol. The summed E-state index contributed by atoms with van der Waals surface area (Å²) in [4.78, 5) is 12.5. The maximum absolute atomic E-state index is 12.8. The number of anilines is 2. The SMILES string of the molecule is COc1ccc(Cl)cc1NS(=O)(=O)c1cccc(C(=O)Nc2ccccc2C)c1. The molecule has 2 N–H and O–H groups in total. The van der Waals surface area contributed by atoms with Crippen molar-refractivity contribution in [3.63, 3.8) is 0 Å². The van der Waals surface area contributed by atoms with Crippen molar-refractivity contribution in [1.29, 1.82) is 0 Å². The quantitative estimate of drug-likeness (QED) is 0.593. The molecule has 3 rings (SSSR count). The predicted molar refractivity (Wildman–Crippen MR) is 114 cm³/mol. The molecule has 0 aliphatic heterocycles. The first kappa shape index (κ1) is 20.7. The van der Waals surface area contributed by atoms with Gasteiger partial charge in [-0.1, -0.05) is 35.9 Å². The Labute approximate surface area is 174 Å². The van der Waals surface area contributed by atoms with Crippen molar-refractivity contribution in [2.45, 2.75) is 11.8 Å². The fourth-order valence-electron chi connectivity index (χ4n) is 2.68. The summed E-state index contributed by atoms with van der Waals surface area (Å²) < 4.78 is 33.3. The van der Waals surface area contributed by atoms with Gasteiger partial charge in [-0.3, -0.25) is 9.52 Å². The summed E-state index contributed by atoms with van der Waals surface area (Å²) in [6, 6.07) is 17.7. The molecule has 0 aromatic heterocycles. The van der Waals surface area contributed by atoms with Crippen molar-refractivity contribution in [3.05, 3.63) is 82.9 Å². The van der Waals surface area contributed by atoms with Crippen LogP contribution >= 0.6 is 11.6 Å². The Bertz CT molecular complexity index is 1160. The van der Waals surface area contributed by atoms with Crippen molar-refractivity contribution >= 4 is 38.9 Å². The van der Waals surface area contributed by atoms with E-state index in [9.17, 15) is 13.2 Å². The smallest absolute Gasteiger partial charge is 0.262 e. The van der Waals surface area contributed by atoms with Crippen molar-refractivity contribution in [2.75, 3.05) is 17.1 Å². The Morgan fingerprint density at radius 2 is 1.72 bits per heavy atom. The molecule has 6 nitrogen and oxygen atoms in total. The van der Waals surface area contributed by atoms with E-state index in [4.69, 9.17) is 16.3 Å². The van der Waals surface area contributed by atoms with E-state index in [2.05, 4.69) is 10.0 Å². The summed E-state index contributed by atoms with van der Waals surface area (Å²) in [6.45, 7) is 1.87. The summed E-state index contributed by atoms with van der Waals surface area (Å²) in [7, 11) is -2.54. The molecule has 3 aromatic rings. The van der Waals surface area contributed by atoms with Crippen LogP contribution in [0.15, 0.2) is 71.6 Å². The average Bonchev–Trinajstić information content (AvgIpc) is 2.70. The third-order valence-electron chi connectivity index (χ3n) is 4.21. The largest absolute Gasteiger partial charge is 0.495 e. The molecular formula is C21H19ClN2O4S. The van der Waals surface area contributed by atoms with E-state index in [1.165, 1.54) is 31.4 Å². The Kier molecular flexibility index (Phi) is 6.10. The van der Waals surface area contributed by atoms with Crippen LogP contribution in [0.25, 0.3) is 0 Å². The minimum absolute atomic E-state index is 0.0584. The highest BCUT2D eigenvalue weighted by molar-refractivity contribution is 7.92. The Hall–Kier alpha value is -3.03. The Morgan fingerprint density at radius 3 is 2.45 bits per heavy atom. The van der Waals surface area contributed by atoms with Crippen molar-refractivity contribution in [3.8, 4) is 5.75 Å². The van der Waals surface area contributed by atoms with Gasteiger partial charge < -0.3 is 10.1 Å². The lowest BCUT2D eigenvalue weighted by atomic mass is 10.1. The number of rotatable bonds is 6. The molecule has 0 aliphatic carbocycles. The van der Waals surface area contributed by atoms with Crippen LogP contribution in [0.2, 0.25) is 5.02 Å². The molecule has 3 aromatic carbocycles. The highest BCUT2D eigenvalue weighted by atomic mass is 35.5. The summed E-state index contributed by atoms with van der Waals surface area (Å²) in [5.41, 5.74) is 1.98. The van der Waals surface area contributed by atoms with E-state index >= 15 is 0 Å². The van der Waals surface area contributed by atoms with Crippen LogP contribution in [-0.4, -0.2) is 21.4 Å². The number of methoxy groups -OCH3 is 1. The number of amides is 1. The fourth-order valence-corrected chi connectivity index (χ4v) is 3.95. The number of para-hydroxylation sites is 1. The van der Waals surface area contributed by atoms with Gasteiger partial charge in [-0.15, -0.1) is 0 Å². The van der Waals surface area contributed by atoms with Gasteiger partial charge in [0.2, 0.25) is 0 Å². The van der Waals surface area contributed by atoms with Crippen molar-refractivity contribution in [2.24, 2.45) is 0 Å². The third kappa shape index (κ3) is 4.88. The lowest BCUT2D eigenvalue weighted by Crippen LogP contribution is -2.16. The van der Waals surface area contributed by atoms with Crippen LogP contribution in [0, 0.1) is 6.92 Å². The molecular weight excluding hydrogens is 412 g/mol. The summed E-state index contributed by atoms with van der Waals surface area (Å²) in [5.74, 6) is -0.0805. The molecule has 0 atom stereocenters. The van der Waals surface area contributed by atoms with Gasteiger partial charge in [0.05, 0.1) is 17.7 Å². The van der Waals surface area contributed by atoms with Crippen molar-refractivity contribution in [1.82, 2.24) is 0 Å². The number of hydrogen-bond acceptors (Lipinski definition) is 4. The van der Waals surface area contributed by atoms with Gasteiger partial charge in [-0.2, -0.15) is 0 Å². The summed E-state index contributed by atoms with van der Waals surface area (Å²) in [5, 5.41) is 3.15. The first-order valence-electron chi connectivity index (χ1n) is 8.63. The van der Waals surface area contributed by atoms with E-state index < -0.39 is 15.9 Å². The molecule has 150 valence electrons. The van der Waals surface area contributed by atoms with Gasteiger partial charge in [0.15, 0.2) is 0 Å². The number of carbonyl (C=O) groups excluding carboxylic acids is 1. The van der Waals surface area contributed by atoms with Crippen LogP contribution in [0.4, 0.5) is 11.4 Å². The number of benzene rings is 3.